The van der Waals surface area contributed by atoms with E-state index < -0.39 is 11.0 Å². The van der Waals surface area contributed by atoms with E-state index in [1.54, 1.807) is 16.6 Å². The SMILES string of the molecule is O=C(c1ccc(N(Cc2ccc(Cl)cc2)S(=O)c2ccccc2)cn1)N1CCN(CC2=CCCC=C2)CC1. The molecule has 0 saturated carbocycles. The molecule has 3 aromatic rings. The van der Waals surface area contributed by atoms with E-state index in [2.05, 4.69) is 28.1 Å². The highest BCUT2D eigenvalue weighted by atomic mass is 35.5. The summed E-state index contributed by atoms with van der Waals surface area (Å²) in [4.78, 5) is 22.7. The number of allylic oxidation sites excluding steroid dienone is 2. The largest absolute Gasteiger partial charge is 0.335 e. The number of carbonyl (C=O) groups is 1. The van der Waals surface area contributed by atoms with Crippen LogP contribution >= 0.6 is 11.6 Å². The molecule has 196 valence electrons. The molecular formula is C30H31ClN4O2S. The lowest BCUT2D eigenvalue weighted by molar-refractivity contribution is 0.0642. The molecule has 1 aromatic heterocycles. The van der Waals surface area contributed by atoms with Gasteiger partial charge >= 0.3 is 0 Å². The number of piperazine rings is 1. The number of benzene rings is 2. The van der Waals surface area contributed by atoms with Crippen LogP contribution in [0.4, 0.5) is 5.69 Å². The summed E-state index contributed by atoms with van der Waals surface area (Å²) < 4.78 is 15.3. The zero-order valence-electron chi connectivity index (χ0n) is 21.2. The minimum Gasteiger partial charge on any atom is -0.335 e. The first-order chi connectivity index (χ1) is 18.6. The van der Waals surface area contributed by atoms with Crippen molar-refractivity contribution < 1.29 is 9.00 Å². The molecule has 0 radical (unpaired) electrons. The lowest BCUT2D eigenvalue weighted by atomic mass is 10.1. The van der Waals surface area contributed by atoms with Crippen molar-refractivity contribution in [2.75, 3.05) is 37.0 Å². The average molecular weight is 547 g/mol. The molecule has 6 nitrogen and oxygen atoms in total. The van der Waals surface area contributed by atoms with Crippen molar-refractivity contribution in [3.8, 4) is 0 Å². The van der Waals surface area contributed by atoms with Crippen LogP contribution in [0.25, 0.3) is 0 Å². The second-order valence-corrected chi connectivity index (χ2v) is 11.3. The molecule has 2 aliphatic rings. The van der Waals surface area contributed by atoms with Crippen LogP contribution in [-0.2, 0) is 17.5 Å². The number of halogens is 1. The van der Waals surface area contributed by atoms with Gasteiger partial charge in [0.15, 0.2) is 11.0 Å². The minimum atomic E-state index is -1.46. The first kappa shape index (κ1) is 26.4. The Balaban J connectivity index is 1.27. The molecule has 1 fully saturated rings. The summed E-state index contributed by atoms with van der Waals surface area (Å²) in [7, 11) is -1.46. The average Bonchev–Trinajstić information content (AvgIpc) is 2.98. The van der Waals surface area contributed by atoms with E-state index in [1.807, 2.05) is 65.6 Å². The van der Waals surface area contributed by atoms with Gasteiger partial charge in [-0.1, -0.05) is 60.2 Å². The van der Waals surface area contributed by atoms with E-state index >= 15 is 0 Å². The minimum absolute atomic E-state index is 0.0681. The standard InChI is InChI=1S/C30H31ClN4O2S/c31-26-13-11-25(12-14-26)23-35(38(37)28-9-5-2-6-10-28)27-15-16-29(32-21-27)30(36)34-19-17-33(18-20-34)22-24-7-3-1-4-8-24/h2-3,5-16,21H,1,4,17-20,22-23H2. The van der Waals surface area contributed by atoms with Crippen molar-refractivity contribution >= 4 is 34.2 Å². The third-order valence-corrected chi connectivity index (χ3v) is 8.44. The third kappa shape index (κ3) is 6.59. The van der Waals surface area contributed by atoms with Crippen LogP contribution in [0.3, 0.4) is 0 Å². The Morgan fingerprint density at radius 3 is 2.37 bits per heavy atom. The molecule has 1 aliphatic carbocycles. The molecule has 5 rings (SSSR count). The van der Waals surface area contributed by atoms with E-state index in [0.29, 0.717) is 40.9 Å². The monoisotopic (exact) mass is 546 g/mol. The Hall–Kier alpha value is -3.26. The normalized spacial score (nSPS) is 16.7. The first-order valence-electron chi connectivity index (χ1n) is 12.9. The van der Waals surface area contributed by atoms with Crippen LogP contribution in [-0.4, -0.2) is 57.6 Å². The zero-order chi connectivity index (χ0) is 26.3. The van der Waals surface area contributed by atoms with Gasteiger partial charge in [0.1, 0.15) is 5.69 Å². The maximum absolute atomic E-state index is 13.6. The third-order valence-electron chi connectivity index (χ3n) is 6.78. The molecule has 8 heteroatoms. The number of aromatic nitrogens is 1. The Bertz CT molecular complexity index is 1320. The van der Waals surface area contributed by atoms with Gasteiger partial charge in [-0.2, -0.15) is 0 Å². The lowest BCUT2D eigenvalue weighted by Gasteiger charge is -2.35. The van der Waals surface area contributed by atoms with Crippen molar-refractivity contribution in [3.63, 3.8) is 0 Å². The molecule has 0 spiro atoms. The maximum atomic E-state index is 13.6. The second kappa shape index (κ2) is 12.5. The maximum Gasteiger partial charge on any atom is 0.272 e. The van der Waals surface area contributed by atoms with Gasteiger partial charge in [-0.05, 0) is 60.4 Å². The van der Waals surface area contributed by atoms with E-state index in [4.69, 9.17) is 11.6 Å². The quantitative estimate of drug-likeness (QED) is 0.374. The molecule has 1 aliphatic heterocycles. The van der Waals surface area contributed by atoms with Crippen molar-refractivity contribution in [1.82, 2.24) is 14.8 Å². The summed E-state index contributed by atoms with van der Waals surface area (Å²) in [5.74, 6) is -0.0681. The molecule has 1 atom stereocenters. The van der Waals surface area contributed by atoms with Crippen molar-refractivity contribution in [3.05, 3.63) is 113 Å². The molecule has 2 aromatic carbocycles. The van der Waals surface area contributed by atoms with Crippen LogP contribution in [0.2, 0.25) is 5.02 Å². The van der Waals surface area contributed by atoms with E-state index in [-0.39, 0.29) is 5.91 Å². The smallest absolute Gasteiger partial charge is 0.272 e. The molecule has 0 N–H and O–H groups in total. The zero-order valence-corrected chi connectivity index (χ0v) is 22.8. The van der Waals surface area contributed by atoms with Gasteiger partial charge in [0.2, 0.25) is 0 Å². The van der Waals surface area contributed by atoms with Crippen molar-refractivity contribution in [2.24, 2.45) is 0 Å². The van der Waals surface area contributed by atoms with Crippen LogP contribution in [0.15, 0.2) is 102 Å². The fraction of sp³-hybridized carbons (Fsp3) is 0.267. The van der Waals surface area contributed by atoms with E-state index in [0.717, 1.165) is 38.0 Å². The van der Waals surface area contributed by atoms with Crippen molar-refractivity contribution in [2.45, 2.75) is 24.3 Å². The summed E-state index contributed by atoms with van der Waals surface area (Å²) >= 11 is 6.06. The molecule has 38 heavy (non-hydrogen) atoms. The molecule has 0 bridgehead atoms. The predicted octanol–water partition coefficient (Wildman–Crippen LogP) is 5.50. The molecule has 1 amide bonds. The molecule has 2 heterocycles. The molecule has 1 saturated heterocycles. The summed E-state index contributed by atoms with van der Waals surface area (Å²) in [6.07, 6.45) is 10.6. The number of hydrogen-bond acceptors (Lipinski definition) is 4. The van der Waals surface area contributed by atoms with Gasteiger partial charge in [0.05, 0.1) is 23.3 Å². The summed E-state index contributed by atoms with van der Waals surface area (Å²) in [6, 6.07) is 20.4. The number of amides is 1. The summed E-state index contributed by atoms with van der Waals surface area (Å²) in [6.45, 7) is 4.40. The van der Waals surface area contributed by atoms with Gasteiger partial charge in [0, 0.05) is 37.7 Å². The molecule has 1 unspecified atom stereocenters. The number of carbonyl (C=O) groups excluding carboxylic acids is 1. The van der Waals surface area contributed by atoms with Gasteiger partial charge < -0.3 is 4.90 Å². The van der Waals surface area contributed by atoms with E-state index in [1.165, 1.54) is 5.57 Å². The van der Waals surface area contributed by atoms with E-state index in [9.17, 15) is 9.00 Å². The summed E-state index contributed by atoms with van der Waals surface area (Å²) in [5.41, 5.74) is 3.41. The van der Waals surface area contributed by atoms with Crippen LogP contribution in [0, 0.1) is 0 Å². The number of rotatable bonds is 8. The highest BCUT2D eigenvalue weighted by Crippen LogP contribution is 2.24. The second-order valence-electron chi connectivity index (χ2n) is 9.45. The highest BCUT2D eigenvalue weighted by molar-refractivity contribution is 7.86. The Labute approximate surface area is 231 Å². The predicted molar refractivity (Wildman–Crippen MR) is 154 cm³/mol. The Morgan fingerprint density at radius 1 is 0.947 bits per heavy atom. The number of nitrogens with zero attached hydrogens (tertiary/aromatic N) is 4. The Kier molecular flexibility index (Phi) is 8.68. The van der Waals surface area contributed by atoms with Gasteiger partial charge in [0.25, 0.3) is 5.91 Å². The van der Waals surface area contributed by atoms with Crippen LogP contribution in [0.5, 0.6) is 0 Å². The van der Waals surface area contributed by atoms with Gasteiger partial charge in [-0.15, -0.1) is 0 Å². The number of hydrogen-bond donors (Lipinski definition) is 0. The first-order valence-corrected chi connectivity index (χ1v) is 14.4. The topological polar surface area (TPSA) is 56.8 Å². The fourth-order valence-corrected chi connectivity index (χ4v) is 5.98. The number of anilines is 1. The molecular weight excluding hydrogens is 516 g/mol. The van der Waals surface area contributed by atoms with Gasteiger partial charge in [-0.3, -0.25) is 14.0 Å². The fourth-order valence-electron chi connectivity index (χ4n) is 4.64. The summed E-state index contributed by atoms with van der Waals surface area (Å²) in [5, 5.41) is 0.651. The lowest BCUT2D eigenvalue weighted by Crippen LogP contribution is -2.49. The Morgan fingerprint density at radius 2 is 1.71 bits per heavy atom. The van der Waals surface area contributed by atoms with Crippen LogP contribution < -0.4 is 4.31 Å². The highest BCUT2D eigenvalue weighted by Gasteiger charge is 2.24. The van der Waals surface area contributed by atoms with Gasteiger partial charge in [-0.25, -0.2) is 9.19 Å². The van der Waals surface area contributed by atoms with Crippen molar-refractivity contribution in [1.29, 1.82) is 0 Å². The van der Waals surface area contributed by atoms with Crippen LogP contribution in [0.1, 0.15) is 28.9 Å². The number of pyridine rings is 1.